The SMILES string of the molecule is O=C(O)CCc1csc(SC2=C(C(=O)O)N3C(=O)[C@@H](NC(=O)Cc4ccsc4)[C@H]3SC2)n1. The number of carboxylic acid groups (broad SMARTS) is 2. The minimum absolute atomic E-state index is 0.0315. The molecular formula is C19H17N3O6S4. The molecule has 3 N–H and O–H groups in total. The number of nitrogens with one attached hydrogen (secondary N) is 1. The van der Waals surface area contributed by atoms with Gasteiger partial charge in [-0.1, -0.05) is 11.8 Å². The maximum Gasteiger partial charge on any atom is 0.353 e. The molecule has 0 spiro atoms. The fourth-order valence-electron chi connectivity index (χ4n) is 3.26. The summed E-state index contributed by atoms with van der Waals surface area (Å²) in [4.78, 5) is 53.8. The Bertz CT molecular complexity index is 1100. The number of thiazole rings is 1. The fourth-order valence-corrected chi connectivity index (χ4v) is 7.44. The van der Waals surface area contributed by atoms with Crippen molar-refractivity contribution in [1.82, 2.24) is 15.2 Å². The van der Waals surface area contributed by atoms with Gasteiger partial charge in [0, 0.05) is 22.5 Å². The lowest BCUT2D eigenvalue weighted by molar-refractivity contribution is -0.150. The quantitative estimate of drug-likeness (QED) is 0.433. The molecule has 9 nitrogen and oxygen atoms in total. The second kappa shape index (κ2) is 9.65. The lowest BCUT2D eigenvalue weighted by atomic mass is 10.0. The summed E-state index contributed by atoms with van der Waals surface area (Å²) in [7, 11) is 0. The molecule has 0 radical (unpaired) electrons. The largest absolute Gasteiger partial charge is 0.481 e. The first-order valence-electron chi connectivity index (χ1n) is 9.39. The summed E-state index contributed by atoms with van der Waals surface area (Å²) in [5.74, 6) is -2.48. The molecule has 168 valence electrons. The summed E-state index contributed by atoms with van der Waals surface area (Å²) in [5.41, 5.74) is 1.41. The van der Waals surface area contributed by atoms with E-state index in [-0.39, 0.29) is 24.4 Å². The molecular weight excluding hydrogens is 494 g/mol. The van der Waals surface area contributed by atoms with Gasteiger partial charge < -0.3 is 15.5 Å². The van der Waals surface area contributed by atoms with Crippen molar-refractivity contribution < 1.29 is 29.4 Å². The number of carboxylic acids is 2. The van der Waals surface area contributed by atoms with Crippen molar-refractivity contribution in [1.29, 1.82) is 0 Å². The molecule has 2 aromatic rings. The molecule has 4 heterocycles. The molecule has 2 aliphatic heterocycles. The van der Waals surface area contributed by atoms with E-state index in [0.717, 1.165) is 5.56 Å². The zero-order valence-electron chi connectivity index (χ0n) is 16.3. The zero-order valence-corrected chi connectivity index (χ0v) is 19.6. The van der Waals surface area contributed by atoms with Crippen LogP contribution in [0, 0.1) is 0 Å². The van der Waals surface area contributed by atoms with Crippen LogP contribution in [0.1, 0.15) is 17.7 Å². The van der Waals surface area contributed by atoms with Gasteiger partial charge in [0.25, 0.3) is 5.91 Å². The van der Waals surface area contributed by atoms with Crippen LogP contribution >= 0.6 is 46.2 Å². The Morgan fingerprint density at radius 2 is 2.09 bits per heavy atom. The number of carbonyl (C=O) groups is 4. The molecule has 0 saturated carbocycles. The lowest BCUT2D eigenvalue weighted by Crippen LogP contribution is -2.70. The standard InChI is InChI=1S/C19H17N3O6S4/c23-12(5-9-3-4-29-6-9)21-14-16(26)22-15(18(27)28)11(8-30-17(14)22)32-19-20-10(7-31-19)1-2-13(24)25/h3-4,6-7,14,17H,1-2,5,8H2,(H,21,23)(H,24,25)(H,27,28)/t14-,17-/m1/s1. The molecule has 2 aliphatic rings. The normalized spacial score (nSPS) is 20.0. The number of fused-ring (bicyclic) bond motifs is 1. The summed E-state index contributed by atoms with van der Waals surface area (Å²) in [6.45, 7) is 0. The molecule has 0 aliphatic carbocycles. The highest BCUT2D eigenvalue weighted by molar-refractivity contribution is 8.07. The van der Waals surface area contributed by atoms with E-state index in [1.807, 2.05) is 16.8 Å². The predicted octanol–water partition coefficient (Wildman–Crippen LogP) is 2.25. The van der Waals surface area contributed by atoms with E-state index in [1.165, 1.54) is 51.1 Å². The highest BCUT2D eigenvalue weighted by Gasteiger charge is 2.54. The number of aliphatic carboxylic acids is 2. The van der Waals surface area contributed by atoms with Crippen molar-refractivity contribution in [2.24, 2.45) is 0 Å². The molecule has 0 aromatic carbocycles. The molecule has 1 saturated heterocycles. The van der Waals surface area contributed by atoms with Gasteiger partial charge in [0.1, 0.15) is 17.1 Å². The van der Waals surface area contributed by atoms with Crippen LogP contribution in [0.4, 0.5) is 0 Å². The first kappa shape index (κ1) is 22.8. The summed E-state index contributed by atoms with van der Waals surface area (Å²) in [5, 5.41) is 26.3. The van der Waals surface area contributed by atoms with E-state index >= 15 is 0 Å². The van der Waals surface area contributed by atoms with Crippen LogP contribution in [0.15, 0.2) is 37.1 Å². The van der Waals surface area contributed by atoms with E-state index in [1.54, 1.807) is 5.38 Å². The van der Waals surface area contributed by atoms with Gasteiger partial charge in [0.05, 0.1) is 18.5 Å². The summed E-state index contributed by atoms with van der Waals surface area (Å²) >= 11 is 5.36. The van der Waals surface area contributed by atoms with E-state index in [9.17, 15) is 24.3 Å². The molecule has 2 amide bonds. The third-order valence-electron chi connectivity index (χ3n) is 4.73. The number of aryl methyl sites for hydroxylation is 1. The second-order valence-corrected chi connectivity index (χ2v) is 11.0. The molecule has 0 bridgehead atoms. The predicted molar refractivity (Wildman–Crippen MR) is 122 cm³/mol. The number of aromatic nitrogens is 1. The number of rotatable bonds is 9. The molecule has 1 fully saturated rings. The Hall–Kier alpha value is -2.35. The van der Waals surface area contributed by atoms with Crippen molar-refractivity contribution in [3.63, 3.8) is 0 Å². The van der Waals surface area contributed by atoms with Crippen LogP contribution < -0.4 is 5.32 Å². The minimum Gasteiger partial charge on any atom is -0.481 e. The van der Waals surface area contributed by atoms with Gasteiger partial charge >= 0.3 is 11.9 Å². The summed E-state index contributed by atoms with van der Waals surface area (Å²) in [6.07, 6.45) is 0.434. The van der Waals surface area contributed by atoms with Crippen molar-refractivity contribution in [2.45, 2.75) is 35.0 Å². The van der Waals surface area contributed by atoms with E-state index in [4.69, 9.17) is 5.11 Å². The maximum atomic E-state index is 12.7. The zero-order chi connectivity index (χ0) is 22.8. The van der Waals surface area contributed by atoms with Crippen molar-refractivity contribution in [3.05, 3.63) is 44.1 Å². The first-order valence-corrected chi connectivity index (χ1v) is 13.1. The van der Waals surface area contributed by atoms with Crippen molar-refractivity contribution in [2.75, 3.05) is 5.75 Å². The highest BCUT2D eigenvalue weighted by atomic mass is 32.2. The Labute approximate surface area is 198 Å². The monoisotopic (exact) mass is 511 g/mol. The van der Waals surface area contributed by atoms with E-state index < -0.39 is 29.3 Å². The van der Waals surface area contributed by atoms with E-state index in [2.05, 4.69) is 10.3 Å². The van der Waals surface area contributed by atoms with E-state index in [0.29, 0.717) is 27.1 Å². The number of thiophene rings is 1. The third kappa shape index (κ3) is 4.85. The van der Waals surface area contributed by atoms with Crippen molar-refractivity contribution in [3.8, 4) is 0 Å². The molecule has 13 heteroatoms. The number of carbonyl (C=O) groups excluding carboxylic acids is 2. The van der Waals surface area contributed by atoms with Gasteiger partial charge in [-0.25, -0.2) is 9.78 Å². The Kier molecular flexibility index (Phi) is 6.88. The minimum atomic E-state index is -1.21. The van der Waals surface area contributed by atoms with Gasteiger partial charge in [-0.05, 0) is 22.4 Å². The van der Waals surface area contributed by atoms with Gasteiger partial charge in [0.2, 0.25) is 5.91 Å². The van der Waals surface area contributed by atoms with Crippen molar-refractivity contribution >= 4 is 70.0 Å². The highest BCUT2D eigenvalue weighted by Crippen LogP contribution is 2.45. The van der Waals surface area contributed by atoms with Gasteiger partial charge in [-0.15, -0.1) is 23.1 Å². The van der Waals surface area contributed by atoms with Crippen LogP contribution in [0.3, 0.4) is 0 Å². The molecule has 2 aromatic heterocycles. The third-order valence-corrected chi connectivity index (χ3v) is 9.00. The number of hydrogen-bond acceptors (Lipinski definition) is 9. The van der Waals surface area contributed by atoms with Gasteiger partial charge in [-0.3, -0.25) is 19.3 Å². The van der Waals surface area contributed by atoms with Crippen LogP contribution in [0.25, 0.3) is 0 Å². The maximum absolute atomic E-state index is 12.7. The van der Waals surface area contributed by atoms with Gasteiger partial charge in [-0.2, -0.15) is 11.3 Å². The fraction of sp³-hybridized carbons (Fsp3) is 0.316. The number of nitrogens with zero attached hydrogens (tertiary/aromatic N) is 2. The molecule has 4 rings (SSSR count). The topological polar surface area (TPSA) is 137 Å². The molecule has 32 heavy (non-hydrogen) atoms. The Morgan fingerprint density at radius 3 is 2.78 bits per heavy atom. The summed E-state index contributed by atoms with van der Waals surface area (Å²) in [6, 6.07) is 1.09. The number of β-lactam (4-membered cyclic amide) rings is 1. The number of hydrogen-bond donors (Lipinski definition) is 3. The van der Waals surface area contributed by atoms with Gasteiger partial charge in [0.15, 0.2) is 4.34 Å². The first-order chi connectivity index (χ1) is 15.3. The second-order valence-electron chi connectivity index (χ2n) is 6.94. The van der Waals surface area contributed by atoms with Crippen LogP contribution in [-0.4, -0.2) is 61.0 Å². The van der Waals surface area contributed by atoms with Crippen LogP contribution in [0.5, 0.6) is 0 Å². The molecule has 0 unspecified atom stereocenters. The van der Waals surface area contributed by atoms with Crippen LogP contribution in [-0.2, 0) is 32.0 Å². The average molecular weight is 512 g/mol. The Balaban J connectivity index is 1.44. The number of thioether (sulfide) groups is 2. The average Bonchev–Trinajstić information content (AvgIpc) is 3.42. The molecule has 2 atom stereocenters. The summed E-state index contributed by atoms with van der Waals surface area (Å²) < 4.78 is 0.590. The lowest BCUT2D eigenvalue weighted by Gasteiger charge is -2.49. The smallest absolute Gasteiger partial charge is 0.353 e. The Morgan fingerprint density at radius 1 is 1.28 bits per heavy atom. The number of amides is 2. The van der Waals surface area contributed by atoms with Crippen LogP contribution in [0.2, 0.25) is 0 Å².